The molecule has 3 N–H and O–H groups in total. The molecule has 4 heteroatoms. The third kappa shape index (κ3) is 12.6. The van der Waals surface area contributed by atoms with Crippen LogP contribution in [0.25, 0.3) is 0 Å². The Morgan fingerprint density at radius 3 is 2.46 bits per heavy atom. The zero-order valence-electron chi connectivity index (χ0n) is 17.5. The molecular weight excluding hydrogens is 350 g/mol. The molecule has 1 aromatic rings. The summed E-state index contributed by atoms with van der Waals surface area (Å²) in [7, 11) is 0. The van der Waals surface area contributed by atoms with E-state index in [0.29, 0.717) is 12.1 Å². The Bertz CT molecular complexity index is 557. The lowest BCUT2D eigenvalue weighted by atomic mass is 10.0. The average molecular weight is 390 g/mol. The number of phenolic OH excluding ortho intramolecular Hbond substituents is 1. The summed E-state index contributed by atoms with van der Waals surface area (Å²) < 4.78 is 0. The minimum absolute atomic E-state index is 0.0559. The number of phenols is 1. The van der Waals surface area contributed by atoms with Crippen molar-refractivity contribution in [2.75, 3.05) is 5.32 Å². The van der Waals surface area contributed by atoms with Crippen molar-refractivity contribution in [3.05, 3.63) is 36.4 Å². The van der Waals surface area contributed by atoms with Gasteiger partial charge >= 0.3 is 0 Å². The summed E-state index contributed by atoms with van der Waals surface area (Å²) >= 11 is 0. The van der Waals surface area contributed by atoms with Crippen molar-refractivity contribution >= 4 is 11.6 Å². The van der Waals surface area contributed by atoms with E-state index in [2.05, 4.69) is 24.4 Å². The van der Waals surface area contributed by atoms with Gasteiger partial charge in [0.1, 0.15) is 5.75 Å². The average Bonchev–Trinajstić information content (AvgIpc) is 2.68. The van der Waals surface area contributed by atoms with Crippen molar-refractivity contribution in [1.29, 1.82) is 0 Å². The molecule has 0 spiro atoms. The zero-order chi connectivity index (χ0) is 20.5. The molecule has 1 atom stereocenters. The molecule has 1 amide bonds. The molecule has 0 heterocycles. The normalized spacial score (nSPS) is 12.4. The maximum Gasteiger partial charge on any atom is 0.224 e. The summed E-state index contributed by atoms with van der Waals surface area (Å²) in [5, 5.41) is 22.4. The lowest BCUT2D eigenvalue weighted by Crippen LogP contribution is -2.11. The number of hydrogen-bond donors (Lipinski definition) is 3. The Balaban J connectivity index is 1.94. The van der Waals surface area contributed by atoms with Crippen LogP contribution in [-0.4, -0.2) is 22.2 Å². The molecule has 0 saturated heterocycles. The standard InChI is InChI=1S/C24H39NO3/c1-2-3-4-5-6-8-11-16-21(26)17-12-9-7-10-13-20-24(28)25-22-18-14-15-19-23(22)27/h6,8,14-15,18-19,21,26-27H,2-5,7,9-13,16-17,20H2,1H3,(H,25,28)/b8-6-/t21-/m0/s1. The monoisotopic (exact) mass is 389 g/mol. The maximum absolute atomic E-state index is 11.9. The lowest BCUT2D eigenvalue weighted by Gasteiger charge is -2.09. The maximum atomic E-state index is 11.9. The number of unbranched alkanes of at least 4 members (excludes halogenated alkanes) is 7. The third-order valence-electron chi connectivity index (χ3n) is 4.93. The molecule has 0 aliphatic heterocycles. The number of carbonyl (C=O) groups excluding carboxylic acids is 1. The van der Waals surface area contributed by atoms with Gasteiger partial charge in [0, 0.05) is 6.42 Å². The molecule has 1 rings (SSSR count). The van der Waals surface area contributed by atoms with Crippen LogP contribution in [0.15, 0.2) is 36.4 Å². The number of para-hydroxylation sites is 2. The van der Waals surface area contributed by atoms with Gasteiger partial charge in [-0.1, -0.05) is 69.7 Å². The SMILES string of the molecule is CCCCC/C=C\CC[C@H](O)CCCCCCCC(=O)Nc1ccccc1O. The van der Waals surface area contributed by atoms with Crippen LogP contribution < -0.4 is 5.32 Å². The quantitative estimate of drug-likeness (QED) is 0.175. The van der Waals surface area contributed by atoms with Crippen LogP contribution in [0.2, 0.25) is 0 Å². The van der Waals surface area contributed by atoms with Crippen LogP contribution in [0.4, 0.5) is 5.69 Å². The van der Waals surface area contributed by atoms with Gasteiger partial charge in [-0.15, -0.1) is 0 Å². The molecule has 0 radical (unpaired) electrons. The van der Waals surface area contributed by atoms with Gasteiger partial charge in [-0.05, 0) is 50.7 Å². The number of anilines is 1. The predicted octanol–water partition coefficient (Wildman–Crippen LogP) is 6.34. The van der Waals surface area contributed by atoms with Crippen molar-refractivity contribution in [1.82, 2.24) is 0 Å². The van der Waals surface area contributed by atoms with E-state index in [9.17, 15) is 15.0 Å². The second-order valence-corrected chi connectivity index (χ2v) is 7.57. The van der Waals surface area contributed by atoms with E-state index in [1.807, 2.05) is 0 Å². The van der Waals surface area contributed by atoms with E-state index in [0.717, 1.165) is 57.8 Å². The second kappa shape index (κ2) is 16.2. The number of amides is 1. The molecule has 1 aromatic carbocycles. The largest absolute Gasteiger partial charge is 0.506 e. The summed E-state index contributed by atoms with van der Waals surface area (Å²) in [5.41, 5.74) is 0.470. The van der Waals surface area contributed by atoms with Crippen molar-refractivity contribution in [3.8, 4) is 5.75 Å². The fourth-order valence-corrected chi connectivity index (χ4v) is 3.17. The van der Waals surface area contributed by atoms with Crippen molar-refractivity contribution in [2.24, 2.45) is 0 Å². The summed E-state index contributed by atoms with van der Waals surface area (Å²) in [6.45, 7) is 2.22. The number of allylic oxidation sites excluding steroid dienone is 2. The Kier molecular flexibility index (Phi) is 14.0. The number of rotatable bonds is 16. The predicted molar refractivity (Wildman–Crippen MR) is 118 cm³/mol. The van der Waals surface area contributed by atoms with E-state index in [-0.39, 0.29) is 17.8 Å². The first-order valence-corrected chi connectivity index (χ1v) is 11.0. The van der Waals surface area contributed by atoms with Crippen LogP contribution in [0.5, 0.6) is 5.75 Å². The van der Waals surface area contributed by atoms with Crippen molar-refractivity contribution < 1.29 is 15.0 Å². The molecule has 0 aliphatic rings. The van der Waals surface area contributed by atoms with E-state index >= 15 is 0 Å². The van der Waals surface area contributed by atoms with Crippen LogP contribution in [-0.2, 0) is 4.79 Å². The fourth-order valence-electron chi connectivity index (χ4n) is 3.17. The topological polar surface area (TPSA) is 69.6 Å². The molecule has 0 unspecified atom stereocenters. The van der Waals surface area contributed by atoms with Gasteiger partial charge in [-0.2, -0.15) is 0 Å². The van der Waals surface area contributed by atoms with E-state index < -0.39 is 0 Å². The van der Waals surface area contributed by atoms with Gasteiger partial charge in [0.2, 0.25) is 5.91 Å². The molecule has 0 bridgehead atoms. The van der Waals surface area contributed by atoms with Gasteiger partial charge in [0.25, 0.3) is 0 Å². The lowest BCUT2D eigenvalue weighted by molar-refractivity contribution is -0.116. The smallest absolute Gasteiger partial charge is 0.224 e. The number of carbonyl (C=O) groups is 1. The van der Waals surface area contributed by atoms with Gasteiger partial charge in [-0.3, -0.25) is 4.79 Å². The van der Waals surface area contributed by atoms with E-state index in [1.54, 1.807) is 24.3 Å². The number of nitrogens with one attached hydrogen (secondary N) is 1. The Labute approximate surface area is 171 Å². The highest BCUT2D eigenvalue weighted by Gasteiger charge is 2.06. The summed E-state index contributed by atoms with van der Waals surface area (Å²) in [4.78, 5) is 11.9. The van der Waals surface area contributed by atoms with Crippen LogP contribution in [0.3, 0.4) is 0 Å². The number of aliphatic hydroxyl groups excluding tert-OH is 1. The van der Waals surface area contributed by atoms with E-state index in [1.165, 1.54) is 19.3 Å². The minimum atomic E-state index is -0.190. The Morgan fingerprint density at radius 2 is 1.68 bits per heavy atom. The third-order valence-corrected chi connectivity index (χ3v) is 4.93. The highest BCUT2D eigenvalue weighted by molar-refractivity contribution is 5.92. The van der Waals surface area contributed by atoms with Crippen LogP contribution in [0.1, 0.15) is 90.4 Å². The molecule has 0 fully saturated rings. The van der Waals surface area contributed by atoms with Gasteiger partial charge < -0.3 is 15.5 Å². The summed E-state index contributed by atoms with van der Waals surface area (Å²) in [5.74, 6) is 0.0427. The van der Waals surface area contributed by atoms with Gasteiger partial charge in [0.05, 0.1) is 11.8 Å². The molecule has 28 heavy (non-hydrogen) atoms. The summed E-state index contributed by atoms with van der Waals surface area (Å²) in [6, 6.07) is 6.77. The first-order chi connectivity index (χ1) is 13.6. The van der Waals surface area contributed by atoms with Crippen LogP contribution >= 0.6 is 0 Å². The van der Waals surface area contributed by atoms with Crippen molar-refractivity contribution in [2.45, 2.75) is 96.5 Å². The number of benzene rings is 1. The highest BCUT2D eigenvalue weighted by atomic mass is 16.3. The molecule has 4 nitrogen and oxygen atoms in total. The van der Waals surface area contributed by atoms with Crippen molar-refractivity contribution in [3.63, 3.8) is 0 Å². The number of hydrogen-bond acceptors (Lipinski definition) is 3. The number of aliphatic hydroxyl groups is 1. The second-order valence-electron chi connectivity index (χ2n) is 7.57. The summed E-state index contributed by atoms with van der Waals surface area (Å²) in [6.07, 6.45) is 17.5. The molecule has 0 saturated carbocycles. The molecular formula is C24H39NO3. The molecule has 0 aliphatic carbocycles. The Morgan fingerprint density at radius 1 is 0.964 bits per heavy atom. The Hall–Kier alpha value is -1.81. The number of aromatic hydroxyl groups is 1. The molecule has 158 valence electrons. The van der Waals surface area contributed by atoms with Crippen LogP contribution in [0, 0.1) is 0 Å². The zero-order valence-corrected chi connectivity index (χ0v) is 17.5. The minimum Gasteiger partial charge on any atom is -0.506 e. The highest BCUT2D eigenvalue weighted by Crippen LogP contribution is 2.21. The van der Waals surface area contributed by atoms with Gasteiger partial charge in [-0.25, -0.2) is 0 Å². The van der Waals surface area contributed by atoms with Gasteiger partial charge in [0.15, 0.2) is 0 Å². The fraction of sp³-hybridized carbons (Fsp3) is 0.625. The first kappa shape index (κ1) is 24.2. The molecule has 0 aromatic heterocycles. The first-order valence-electron chi connectivity index (χ1n) is 11.0. The van der Waals surface area contributed by atoms with E-state index in [4.69, 9.17) is 0 Å².